The number of hydrogen-bond donors (Lipinski definition) is 1. The van der Waals surface area contributed by atoms with Crippen molar-refractivity contribution in [2.75, 3.05) is 6.54 Å². The van der Waals surface area contributed by atoms with E-state index in [-0.39, 0.29) is 24.3 Å². The van der Waals surface area contributed by atoms with Gasteiger partial charge in [0.2, 0.25) is 0 Å². The van der Waals surface area contributed by atoms with Crippen molar-refractivity contribution in [1.29, 1.82) is 0 Å². The molecule has 0 bridgehead atoms. The highest BCUT2D eigenvalue weighted by atomic mass is 16.4. The average molecular weight is 331 g/mol. The molecule has 1 fully saturated rings. The first-order valence-corrected chi connectivity index (χ1v) is 8.61. The summed E-state index contributed by atoms with van der Waals surface area (Å²) in [4.78, 5) is 38.6. The van der Waals surface area contributed by atoms with E-state index in [2.05, 4.69) is 0 Å². The highest BCUT2D eigenvalue weighted by Gasteiger charge is 2.75. The third-order valence-corrected chi connectivity index (χ3v) is 6.14. The van der Waals surface area contributed by atoms with Crippen LogP contribution in [0, 0.1) is 16.7 Å². The summed E-state index contributed by atoms with van der Waals surface area (Å²) in [7, 11) is 0. The third kappa shape index (κ3) is 2.10. The second-order valence-electron chi connectivity index (χ2n) is 8.08. The zero-order valence-electron chi connectivity index (χ0n) is 14.8. The Hall–Kier alpha value is -1.91. The van der Waals surface area contributed by atoms with Gasteiger partial charge in [-0.3, -0.25) is 19.3 Å². The summed E-state index contributed by atoms with van der Waals surface area (Å²) in [6, 6.07) is 0. The summed E-state index contributed by atoms with van der Waals surface area (Å²) in [5, 5.41) is 9.92. The van der Waals surface area contributed by atoms with E-state index < -0.39 is 16.8 Å². The largest absolute Gasteiger partial charge is 0.481 e. The number of carboxylic acids is 1. The van der Waals surface area contributed by atoms with E-state index in [0.29, 0.717) is 24.0 Å². The summed E-state index contributed by atoms with van der Waals surface area (Å²) in [6.45, 7) is 7.66. The summed E-state index contributed by atoms with van der Waals surface area (Å²) in [5.41, 5.74) is 0.699. The molecule has 24 heavy (non-hydrogen) atoms. The predicted octanol–water partition coefficient (Wildman–Crippen LogP) is 2.92. The zero-order valence-corrected chi connectivity index (χ0v) is 14.8. The van der Waals surface area contributed by atoms with Crippen LogP contribution in [0.5, 0.6) is 0 Å². The van der Waals surface area contributed by atoms with Crippen molar-refractivity contribution in [2.24, 2.45) is 16.7 Å². The molecule has 0 saturated heterocycles. The lowest BCUT2D eigenvalue weighted by Gasteiger charge is -2.23. The molecule has 1 aliphatic heterocycles. The average Bonchev–Trinajstić information content (AvgIpc) is 2.86. The Kier molecular flexibility index (Phi) is 3.74. The predicted molar refractivity (Wildman–Crippen MR) is 89.0 cm³/mol. The van der Waals surface area contributed by atoms with Crippen molar-refractivity contribution >= 4 is 17.8 Å². The SMILES string of the molecule is CC(C)=CC1C(C)(C)C1(CN1C(=O)C2=C(CCCC2)C1=O)C(=O)O. The lowest BCUT2D eigenvalue weighted by Crippen LogP contribution is -2.42. The number of carbonyl (C=O) groups is 3. The zero-order chi connectivity index (χ0) is 17.9. The van der Waals surface area contributed by atoms with Gasteiger partial charge in [-0.1, -0.05) is 25.5 Å². The molecule has 2 atom stereocenters. The molecule has 0 radical (unpaired) electrons. The number of amides is 2. The molecule has 5 heteroatoms. The van der Waals surface area contributed by atoms with Crippen molar-refractivity contribution in [3.63, 3.8) is 0 Å². The number of carboxylic acid groups (broad SMARTS) is 1. The second-order valence-corrected chi connectivity index (χ2v) is 8.08. The van der Waals surface area contributed by atoms with Gasteiger partial charge >= 0.3 is 5.97 Å². The normalized spacial score (nSPS) is 31.2. The van der Waals surface area contributed by atoms with Crippen LogP contribution in [0.2, 0.25) is 0 Å². The Bertz CT molecular complexity index is 668. The number of allylic oxidation sites excluding steroid dienone is 2. The summed E-state index contributed by atoms with van der Waals surface area (Å²) >= 11 is 0. The van der Waals surface area contributed by atoms with Gasteiger partial charge in [-0.2, -0.15) is 0 Å². The minimum Gasteiger partial charge on any atom is -0.481 e. The molecular formula is C19H25NO4. The maximum atomic E-state index is 12.7. The Morgan fingerprint density at radius 3 is 2.08 bits per heavy atom. The van der Waals surface area contributed by atoms with E-state index in [9.17, 15) is 19.5 Å². The van der Waals surface area contributed by atoms with Crippen LogP contribution in [0.4, 0.5) is 0 Å². The maximum absolute atomic E-state index is 12.7. The van der Waals surface area contributed by atoms with Crippen LogP contribution in [0.25, 0.3) is 0 Å². The first kappa shape index (κ1) is 16.9. The van der Waals surface area contributed by atoms with Gasteiger partial charge < -0.3 is 5.11 Å². The van der Waals surface area contributed by atoms with E-state index in [0.717, 1.165) is 18.4 Å². The van der Waals surface area contributed by atoms with E-state index in [1.54, 1.807) is 0 Å². The fourth-order valence-electron chi connectivity index (χ4n) is 4.55. The fourth-order valence-corrected chi connectivity index (χ4v) is 4.55. The van der Waals surface area contributed by atoms with Gasteiger partial charge in [0.25, 0.3) is 11.8 Å². The molecule has 3 aliphatic rings. The van der Waals surface area contributed by atoms with Gasteiger partial charge in [0.05, 0.1) is 5.41 Å². The molecule has 0 aromatic carbocycles. The summed E-state index contributed by atoms with van der Waals surface area (Å²) in [5.74, 6) is -1.64. The third-order valence-electron chi connectivity index (χ3n) is 6.14. The topological polar surface area (TPSA) is 74.7 Å². The molecule has 2 unspecified atom stereocenters. The first-order chi connectivity index (χ1) is 11.1. The minimum absolute atomic E-state index is 0.0333. The van der Waals surface area contributed by atoms with E-state index in [4.69, 9.17) is 0 Å². The van der Waals surface area contributed by atoms with Gasteiger partial charge in [0.1, 0.15) is 0 Å². The Morgan fingerprint density at radius 2 is 1.67 bits per heavy atom. The number of nitrogens with zero attached hydrogens (tertiary/aromatic N) is 1. The fraction of sp³-hybridized carbons (Fsp3) is 0.632. The molecule has 130 valence electrons. The molecule has 2 aliphatic carbocycles. The van der Waals surface area contributed by atoms with Crippen LogP contribution in [-0.2, 0) is 14.4 Å². The van der Waals surface area contributed by atoms with Gasteiger partial charge in [-0.25, -0.2) is 0 Å². The molecule has 2 amide bonds. The molecule has 3 rings (SSSR count). The van der Waals surface area contributed by atoms with E-state index >= 15 is 0 Å². The van der Waals surface area contributed by atoms with Crippen LogP contribution in [0.1, 0.15) is 53.4 Å². The Morgan fingerprint density at radius 1 is 1.17 bits per heavy atom. The summed E-state index contributed by atoms with van der Waals surface area (Å²) < 4.78 is 0. The molecule has 5 nitrogen and oxygen atoms in total. The number of imide groups is 1. The number of hydrogen-bond acceptors (Lipinski definition) is 3. The minimum atomic E-state index is -1.09. The van der Waals surface area contributed by atoms with Gasteiger partial charge in [-0.05, 0) is 44.9 Å². The Labute approximate surface area is 142 Å². The maximum Gasteiger partial charge on any atom is 0.312 e. The molecular weight excluding hydrogens is 306 g/mol. The van der Waals surface area contributed by atoms with Crippen LogP contribution in [0.3, 0.4) is 0 Å². The molecule has 0 spiro atoms. The molecule has 1 N–H and O–H groups in total. The number of rotatable bonds is 4. The van der Waals surface area contributed by atoms with E-state index in [1.165, 1.54) is 4.90 Å². The van der Waals surface area contributed by atoms with Crippen LogP contribution in [-0.4, -0.2) is 34.3 Å². The quantitative estimate of drug-likeness (QED) is 0.635. The van der Waals surface area contributed by atoms with Crippen molar-refractivity contribution < 1.29 is 19.5 Å². The molecule has 1 heterocycles. The lowest BCUT2D eigenvalue weighted by molar-refractivity contribution is -0.148. The van der Waals surface area contributed by atoms with Crippen molar-refractivity contribution in [1.82, 2.24) is 4.90 Å². The van der Waals surface area contributed by atoms with Crippen molar-refractivity contribution in [3.8, 4) is 0 Å². The smallest absolute Gasteiger partial charge is 0.312 e. The standard InChI is InChI=1S/C19H25NO4/c1-11(2)9-14-18(3,4)19(14,17(23)24)10-20-15(21)12-7-5-6-8-13(12)16(20)22/h9,14H,5-8,10H2,1-4H3,(H,23,24). The molecule has 1 saturated carbocycles. The van der Waals surface area contributed by atoms with Crippen LogP contribution < -0.4 is 0 Å². The van der Waals surface area contributed by atoms with Crippen LogP contribution >= 0.6 is 0 Å². The summed E-state index contributed by atoms with van der Waals surface area (Å²) in [6.07, 6.45) is 5.07. The molecule has 0 aromatic heterocycles. The van der Waals surface area contributed by atoms with Crippen molar-refractivity contribution in [3.05, 3.63) is 22.8 Å². The van der Waals surface area contributed by atoms with Gasteiger partial charge in [-0.15, -0.1) is 0 Å². The van der Waals surface area contributed by atoms with Crippen LogP contribution in [0.15, 0.2) is 22.8 Å². The Balaban J connectivity index is 1.92. The number of carbonyl (C=O) groups excluding carboxylic acids is 2. The number of aliphatic carboxylic acids is 1. The monoisotopic (exact) mass is 331 g/mol. The highest BCUT2D eigenvalue weighted by Crippen LogP contribution is 2.70. The molecule has 0 aromatic rings. The van der Waals surface area contributed by atoms with Gasteiger partial charge in [0.15, 0.2) is 0 Å². The highest BCUT2D eigenvalue weighted by molar-refractivity contribution is 6.19. The first-order valence-electron chi connectivity index (χ1n) is 8.61. The lowest BCUT2D eigenvalue weighted by atomic mass is 9.93. The van der Waals surface area contributed by atoms with Gasteiger partial charge in [0, 0.05) is 23.6 Å². The second kappa shape index (κ2) is 5.30. The van der Waals surface area contributed by atoms with E-state index in [1.807, 2.05) is 33.8 Å². The van der Waals surface area contributed by atoms with Crippen molar-refractivity contribution in [2.45, 2.75) is 53.4 Å².